The standard InChI is InChI=1S/C19H18ClN3O2/c1-12(2)13-7-9-14(10-8-13)21-17(24)11-23-19(25)16-6-4-3-5-15(16)18(20)22-23/h3-10,12H,11H2,1-2H3,(H,21,24). The summed E-state index contributed by atoms with van der Waals surface area (Å²) < 4.78 is 1.09. The van der Waals surface area contributed by atoms with Gasteiger partial charge in [0.1, 0.15) is 6.54 Å². The first-order chi connectivity index (χ1) is 12.0. The van der Waals surface area contributed by atoms with E-state index in [-0.39, 0.29) is 23.2 Å². The minimum atomic E-state index is -0.342. The molecule has 1 aromatic heterocycles. The molecule has 0 saturated carbocycles. The summed E-state index contributed by atoms with van der Waals surface area (Å²) in [7, 11) is 0. The number of fused-ring (bicyclic) bond motifs is 1. The lowest BCUT2D eigenvalue weighted by atomic mass is 10.0. The number of rotatable bonds is 4. The number of carbonyl (C=O) groups is 1. The maximum Gasteiger partial charge on any atom is 0.275 e. The van der Waals surface area contributed by atoms with Gasteiger partial charge in [-0.3, -0.25) is 9.59 Å². The lowest BCUT2D eigenvalue weighted by Gasteiger charge is -2.10. The summed E-state index contributed by atoms with van der Waals surface area (Å²) in [6.07, 6.45) is 0. The molecule has 0 atom stereocenters. The van der Waals surface area contributed by atoms with Crippen molar-refractivity contribution in [2.45, 2.75) is 26.3 Å². The third kappa shape index (κ3) is 3.72. The van der Waals surface area contributed by atoms with Gasteiger partial charge in [-0.05, 0) is 29.7 Å². The monoisotopic (exact) mass is 355 g/mol. The fourth-order valence-electron chi connectivity index (χ4n) is 2.59. The van der Waals surface area contributed by atoms with Gasteiger partial charge in [0.2, 0.25) is 5.91 Å². The van der Waals surface area contributed by atoms with E-state index in [1.165, 1.54) is 5.56 Å². The molecule has 5 nitrogen and oxygen atoms in total. The number of carbonyl (C=O) groups excluding carboxylic acids is 1. The molecule has 1 heterocycles. The topological polar surface area (TPSA) is 64.0 Å². The third-order valence-corrected chi connectivity index (χ3v) is 4.26. The van der Waals surface area contributed by atoms with E-state index < -0.39 is 0 Å². The Balaban J connectivity index is 1.80. The molecular weight excluding hydrogens is 338 g/mol. The van der Waals surface area contributed by atoms with Gasteiger partial charge in [0.05, 0.1) is 5.39 Å². The van der Waals surface area contributed by atoms with Crippen molar-refractivity contribution in [3.63, 3.8) is 0 Å². The van der Waals surface area contributed by atoms with Crippen LogP contribution in [-0.2, 0) is 11.3 Å². The van der Waals surface area contributed by atoms with E-state index in [2.05, 4.69) is 24.3 Å². The summed E-state index contributed by atoms with van der Waals surface area (Å²) >= 11 is 6.12. The Morgan fingerprint density at radius 3 is 2.40 bits per heavy atom. The molecule has 0 aliphatic heterocycles. The predicted octanol–water partition coefficient (Wildman–Crippen LogP) is 3.81. The predicted molar refractivity (Wildman–Crippen MR) is 100 cm³/mol. The Hall–Kier alpha value is -2.66. The summed E-state index contributed by atoms with van der Waals surface area (Å²) in [5, 5.41) is 8.02. The van der Waals surface area contributed by atoms with Crippen LogP contribution in [0.5, 0.6) is 0 Å². The third-order valence-electron chi connectivity index (χ3n) is 3.98. The number of benzene rings is 2. The molecule has 0 saturated heterocycles. The van der Waals surface area contributed by atoms with Gasteiger partial charge in [-0.2, -0.15) is 5.10 Å². The molecule has 1 amide bonds. The quantitative estimate of drug-likeness (QED) is 0.774. The Labute approximate surface area is 150 Å². The molecule has 0 spiro atoms. The Bertz CT molecular complexity index is 978. The van der Waals surface area contributed by atoms with Crippen molar-refractivity contribution >= 4 is 34.0 Å². The molecule has 6 heteroatoms. The van der Waals surface area contributed by atoms with Gasteiger partial charge in [-0.15, -0.1) is 0 Å². The molecule has 0 aliphatic carbocycles. The summed E-state index contributed by atoms with van der Waals surface area (Å²) in [6.45, 7) is 4.01. The SMILES string of the molecule is CC(C)c1ccc(NC(=O)Cn2nc(Cl)c3ccccc3c2=O)cc1. The average Bonchev–Trinajstić information content (AvgIpc) is 2.60. The minimum absolute atomic E-state index is 0.198. The van der Waals surface area contributed by atoms with Gasteiger partial charge in [-0.25, -0.2) is 4.68 Å². The molecule has 3 aromatic rings. The van der Waals surface area contributed by atoms with Crippen LogP contribution in [0.3, 0.4) is 0 Å². The number of anilines is 1. The molecule has 1 N–H and O–H groups in total. The lowest BCUT2D eigenvalue weighted by Crippen LogP contribution is -2.29. The normalized spacial score (nSPS) is 11.0. The second kappa shape index (κ2) is 7.07. The summed E-state index contributed by atoms with van der Waals surface area (Å²) in [5.74, 6) is 0.0884. The fraction of sp³-hybridized carbons (Fsp3) is 0.211. The molecule has 25 heavy (non-hydrogen) atoms. The van der Waals surface area contributed by atoms with E-state index in [0.29, 0.717) is 22.4 Å². The fourth-order valence-corrected chi connectivity index (χ4v) is 2.84. The number of nitrogens with zero attached hydrogens (tertiary/aromatic N) is 2. The molecular formula is C19H18ClN3O2. The molecule has 3 rings (SSSR count). The highest BCUT2D eigenvalue weighted by Gasteiger charge is 2.12. The zero-order valence-electron chi connectivity index (χ0n) is 14.0. The smallest absolute Gasteiger partial charge is 0.275 e. The first-order valence-electron chi connectivity index (χ1n) is 8.01. The van der Waals surface area contributed by atoms with E-state index >= 15 is 0 Å². The maximum absolute atomic E-state index is 12.5. The Morgan fingerprint density at radius 1 is 1.12 bits per heavy atom. The first-order valence-corrected chi connectivity index (χ1v) is 8.38. The number of aromatic nitrogens is 2. The van der Waals surface area contributed by atoms with E-state index in [9.17, 15) is 9.59 Å². The second-order valence-corrected chi connectivity index (χ2v) is 6.48. The molecule has 0 unspecified atom stereocenters. The Kier molecular flexibility index (Phi) is 4.86. The lowest BCUT2D eigenvalue weighted by molar-refractivity contribution is -0.117. The molecule has 0 radical (unpaired) electrons. The number of hydrogen-bond acceptors (Lipinski definition) is 3. The van der Waals surface area contributed by atoms with Gasteiger partial charge < -0.3 is 5.32 Å². The summed E-state index contributed by atoms with van der Waals surface area (Å²) in [6, 6.07) is 14.6. The van der Waals surface area contributed by atoms with E-state index in [1.807, 2.05) is 24.3 Å². The number of nitrogens with one attached hydrogen (secondary N) is 1. The van der Waals surface area contributed by atoms with Crippen LogP contribution in [0.15, 0.2) is 53.3 Å². The highest BCUT2D eigenvalue weighted by atomic mass is 35.5. The van der Waals surface area contributed by atoms with Crippen LogP contribution in [-0.4, -0.2) is 15.7 Å². The van der Waals surface area contributed by atoms with Crippen LogP contribution in [0.4, 0.5) is 5.69 Å². The van der Waals surface area contributed by atoms with Gasteiger partial charge in [0.25, 0.3) is 5.56 Å². The van der Waals surface area contributed by atoms with Gasteiger partial charge in [0, 0.05) is 11.1 Å². The minimum Gasteiger partial charge on any atom is -0.324 e. The van der Waals surface area contributed by atoms with E-state index in [1.54, 1.807) is 24.3 Å². The van der Waals surface area contributed by atoms with Crippen LogP contribution in [0.25, 0.3) is 10.8 Å². The molecule has 2 aromatic carbocycles. The van der Waals surface area contributed by atoms with Gasteiger partial charge >= 0.3 is 0 Å². The molecule has 0 bridgehead atoms. The van der Waals surface area contributed by atoms with Crippen molar-refractivity contribution in [3.8, 4) is 0 Å². The zero-order chi connectivity index (χ0) is 18.0. The van der Waals surface area contributed by atoms with Crippen molar-refractivity contribution in [1.29, 1.82) is 0 Å². The van der Waals surface area contributed by atoms with Crippen molar-refractivity contribution in [2.24, 2.45) is 0 Å². The largest absolute Gasteiger partial charge is 0.324 e. The molecule has 128 valence electrons. The molecule has 0 aliphatic rings. The van der Waals surface area contributed by atoms with Gasteiger partial charge in [0.15, 0.2) is 5.15 Å². The van der Waals surface area contributed by atoms with Crippen molar-refractivity contribution in [3.05, 3.63) is 69.6 Å². The van der Waals surface area contributed by atoms with E-state index in [0.717, 1.165) is 4.68 Å². The Morgan fingerprint density at radius 2 is 1.76 bits per heavy atom. The van der Waals surface area contributed by atoms with Crippen LogP contribution >= 0.6 is 11.6 Å². The van der Waals surface area contributed by atoms with Crippen molar-refractivity contribution < 1.29 is 4.79 Å². The summed E-state index contributed by atoms with van der Waals surface area (Å²) in [5.41, 5.74) is 1.52. The maximum atomic E-state index is 12.5. The van der Waals surface area contributed by atoms with Crippen LogP contribution in [0.1, 0.15) is 25.3 Å². The summed E-state index contributed by atoms with van der Waals surface area (Å²) in [4.78, 5) is 24.7. The average molecular weight is 356 g/mol. The van der Waals surface area contributed by atoms with Crippen molar-refractivity contribution in [1.82, 2.24) is 9.78 Å². The molecule has 0 fully saturated rings. The van der Waals surface area contributed by atoms with E-state index in [4.69, 9.17) is 11.6 Å². The van der Waals surface area contributed by atoms with Crippen LogP contribution in [0, 0.1) is 0 Å². The highest BCUT2D eigenvalue weighted by Crippen LogP contribution is 2.18. The number of amides is 1. The number of hydrogen-bond donors (Lipinski definition) is 1. The first kappa shape index (κ1) is 17.2. The van der Waals surface area contributed by atoms with Gasteiger partial charge in [-0.1, -0.05) is 55.8 Å². The second-order valence-electron chi connectivity index (χ2n) is 6.12. The van der Waals surface area contributed by atoms with Crippen molar-refractivity contribution in [2.75, 3.05) is 5.32 Å². The van der Waals surface area contributed by atoms with Crippen LogP contribution < -0.4 is 10.9 Å². The zero-order valence-corrected chi connectivity index (χ0v) is 14.7. The number of halogens is 1. The van der Waals surface area contributed by atoms with Crippen LogP contribution in [0.2, 0.25) is 5.15 Å². The highest BCUT2D eigenvalue weighted by molar-refractivity contribution is 6.34.